The van der Waals surface area contributed by atoms with Crippen molar-refractivity contribution in [1.82, 2.24) is 10.5 Å². The maximum atomic E-state index is 12.4. The maximum absolute atomic E-state index is 12.4. The molecule has 0 aliphatic rings. The average Bonchev–Trinajstić information content (AvgIpc) is 2.22. The molecule has 106 valence electrons. The molecule has 3 N–H and O–H groups in total. The van der Waals surface area contributed by atoms with E-state index in [1.54, 1.807) is 6.92 Å². The highest BCUT2D eigenvalue weighted by Gasteiger charge is 2.41. The number of hydroxylamine groups is 1. The van der Waals surface area contributed by atoms with Gasteiger partial charge in [0.1, 0.15) is 6.04 Å². The number of ketones is 1. The fraction of sp³-hybridized carbons (Fsp3) is 0.455. The van der Waals surface area contributed by atoms with Gasteiger partial charge in [-0.15, -0.1) is 0 Å². The Morgan fingerprint density at radius 2 is 2.05 bits per heavy atom. The molecule has 0 bridgehead atoms. The highest BCUT2D eigenvalue weighted by atomic mass is 19.4. The third kappa shape index (κ3) is 3.65. The third-order valence-electron chi connectivity index (χ3n) is 2.58. The van der Waals surface area contributed by atoms with Gasteiger partial charge in [-0.3, -0.25) is 9.59 Å². The zero-order valence-electron chi connectivity index (χ0n) is 10.3. The van der Waals surface area contributed by atoms with Gasteiger partial charge in [-0.05, 0) is 25.5 Å². The summed E-state index contributed by atoms with van der Waals surface area (Å²) in [6, 6.07) is -0.913. The third-order valence-corrected chi connectivity index (χ3v) is 2.58. The summed E-state index contributed by atoms with van der Waals surface area (Å²) in [4.78, 5) is 25.7. The monoisotopic (exact) mass is 278 g/mol. The number of aryl methyl sites for hydroxylation is 2. The summed E-state index contributed by atoms with van der Waals surface area (Å²) in [5.74, 6) is -0.984. The predicted octanol–water partition coefficient (Wildman–Crippen LogP) is 1.47. The molecule has 1 aromatic heterocycles. The number of aromatic amines is 1. The van der Waals surface area contributed by atoms with Gasteiger partial charge in [0.25, 0.3) is 5.56 Å². The molecule has 0 aromatic carbocycles. The van der Waals surface area contributed by atoms with E-state index in [-0.39, 0.29) is 5.56 Å². The number of carbonyl (C=O) groups is 1. The maximum Gasteiger partial charge on any atom is 0.406 e. The minimum absolute atomic E-state index is 0.296. The summed E-state index contributed by atoms with van der Waals surface area (Å²) >= 11 is 0. The van der Waals surface area contributed by atoms with Gasteiger partial charge in [0.15, 0.2) is 5.78 Å². The van der Waals surface area contributed by atoms with Crippen LogP contribution in [0, 0.1) is 13.8 Å². The Morgan fingerprint density at radius 3 is 2.47 bits per heavy atom. The van der Waals surface area contributed by atoms with Gasteiger partial charge in [0.2, 0.25) is 0 Å². The molecule has 0 aliphatic carbocycles. The second-order valence-corrected chi connectivity index (χ2v) is 4.19. The largest absolute Gasteiger partial charge is 0.406 e. The molecule has 1 rings (SSSR count). The molecule has 0 spiro atoms. The van der Waals surface area contributed by atoms with E-state index < -0.39 is 30.0 Å². The average molecular weight is 278 g/mol. The smallest absolute Gasteiger partial charge is 0.326 e. The molecule has 0 saturated carbocycles. The number of halogens is 3. The summed E-state index contributed by atoms with van der Waals surface area (Å²) in [6.45, 7) is 3.06. The minimum Gasteiger partial charge on any atom is -0.326 e. The summed E-state index contributed by atoms with van der Waals surface area (Å²) in [7, 11) is 0. The highest BCUT2D eigenvalue weighted by Crippen LogP contribution is 2.23. The van der Waals surface area contributed by atoms with Crippen molar-refractivity contribution in [2.24, 2.45) is 0 Å². The second kappa shape index (κ2) is 5.54. The number of hydrogen-bond acceptors (Lipinski definition) is 4. The molecule has 1 heterocycles. The number of rotatable bonds is 4. The van der Waals surface area contributed by atoms with Crippen LogP contribution in [0.25, 0.3) is 0 Å². The van der Waals surface area contributed by atoms with Crippen molar-refractivity contribution in [3.05, 3.63) is 33.2 Å². The number of carbonyl (C=O) groups excluding carboxylic acids is 1. The summed E-state index contributed by atoms with van der Waals surface area (Å²) in [5.41, 5.74) is 0.779. The number of nitrogens with one attached hydrogen (secondary N) is 2. The van der Waals surface area contributed by atoms with Gasteiger partial charge in [0, 0.05) is 12.1 Å². The van der Waals surface area contributed by atoms with Crippen LogP contribution in [0.5, 0.6) is 0 Å². The Bertz CT molecular complexity index is 537. The molecule has 19 heavy (non-hydrogen) atoms. The van der Waals surface area contributed by atoms with Gasteiger partial charge in [0.05, 0.1) is 5.56 Å². The predicted molar refractivity (Wildman–Crippen MR) is 60.2 cm³/mol. The lowest BCUT2D eigenvalue weighted by Gasteiger charge is -2.17. The molecule has 5 nitrogen and oxygen atoms in total. The van der Waals surface area contributed by atoms with E-state index in [0.717, 1.165) is 5.48 Å². The van der Waals surface area contributed by atoms with Gasteiger partial charge in [-0.1, -0.05) is 0 Å². The molecule has 8 heteroatoms. The molecular formula is C11H13F3N2O3. The van der Waals surface area contributed by atoms with Crippen molar-refractivity contribution in [3.8, 4) is 0 Å². The first-order chi connectivity index (χ1) is 8.66. The topological polar surface area (TPSA) is 82.2 Å². The van der Waals surface area contributed by atoms with Crippen LogP contribution in [0.15, 0.2) is 10.9 Å². The molecule has 1 unspecified atom stereocenters. The zero-order valence-corrected chi connectivity index (χ0v) is 10.3. The first kappa shape index (κ1) is 15.4. The Balaban J connectivity index is 3.06. The van der Waals surface area contributed by atoms with Crippen LogP contribution in [0.4, 0.5) is 13.2 Å². The summed E-state index contributed by atoms with van der Waals surface area (Å²) < 4.78 is 37.2. The number of alkyl halides is 3. The van der Waals surface area contributed by atoms with Crippen LogP contribution >= 0.6 is 0 Å². The molecule has 0 fully saturated rings. The van der Waals surface area contributed by atoms with Gasteiger partial charge < -0.3 is 10.2 Å². The molecule has 0 radical (unpaired) electrons. The van der Waals surface area contributed by atoms with Crippen molar-refractivity contribution < 1.29 is 23.2 Å². The van der Waals surface area contributed by atoms with E-state index >= 15 is 0 Å². The normalized spacial score (nSPS) is 13.4. The second-order valence-electron chi connectivity index (χ2n) is 4.19. The lowest BCUT2D eigenvalue weighted by Crippen LogP contribution is -2.42. The Labute approximate surface area is 106 Å². The quantitative estimate of drug-likeness (QED) is 0.575. The number of Topliss-reactive ketones (excluding diaryl/α,β-unsaturated/α-hetero) is 1. The molecule has 1 atom stereocenters. The zero-order chi connectivity index (χ0) is 14.8. The Kier molecular flexibility index (Phi) is 4.48. The molecule has 1 aromatic rings. The molecule has 0 aliphatic heterocycles. The fourth-order valence-electron chi connectivity index (χ4n) is 1.72. The first-order valence-electron chi connectivity index (χ1n) is 5.37. The van der Waals surface area contributed by atoms with Gasteiger partial charge in [-0.2, -0.15) is 18.7 Å². The van der Waals surface area contributed by atoms with Crippen LogP contribution in [-0.4, -0.2) is 28.2 Å². The van der Waals surface area contributed by atoms with E-state index in [2.05, 4.69) is 4.98 Å². The highest BCUT2D eigenvalue weighted by molar-refractivity contribution is 5.97. The first-order valence-corrected chi connectivity index (χ1v) is 5.37. The number of aromatic nitrogens is 1. The molecule has 0 saturated heterocycles. The molecule has 0 amide bonds. The van der Waals surface area contributed by atoms with E-state index in [1.165, 1.54) is 13.0 Å². The summed E-state index contributed by atoms with van der Waals surface area (Å²) in [5, 5.41) is 8.43. The van der Waals surface area contributed by atoms with Crippen LogP contribution in [0.3, 0.4) is 0 Å². The van der Waals surface area contributed by atoms with E-state index in [9.17, 15) is 22.8 Å². The SMILES string of the molecule is Cc1cc(C)c(C(=O)CC(NO)C(F)(F)F)c(=O)[nH]1. The summed E-state index contributed by atoms with van der Waals surface area (Å²) in [6.07, 6.45) is -5.83. The van der Waals surface area contributed by atoms with E-state index in [0.29, 0.717) is 11.3 Å². The number of pyridine rings is 1. The van der Waals surface area contributed by atoms with Crippen molar-refractivity contribution in [1.29, 1.82) is 0 Å². The van der Waals surface area contributed by atoms with Crippen LogP contribution in [-0.2, 0) is 0 Å². The Morgan fingerprint density at radius 1 is 1.47 bits per heavy atom. The molecular weight excluding hydrogens is 265 g/mol. The van der Waals surface area contributed by atoms with Crippen molar-refractivity contribution in [2.75, 3.05) is 0 Å². The van der Waals surface area contributed by atoms with Crippen molar-refractivity contribution in [3.63, 3.8) is 0 Å². The van der Waals surface area contributed by atoms with Crippen LogP contribution in [0.2, 0.25) is 0 Å². The Hall–Kier alpha value is -1.67. The van der Waals surface area contributed by atoms with Crippen LogP contribution in [0.1, 0.15) is 28.0 Å². The fourth-order valence-corrected chi connectivity index (χ4v) is 1.72. The number of hydrogen-bond donors (Lipinski definition) is 3. The lowest BCUT2D eigenvalue weighted by atomic mass is 10.0. The van der Waals surface area contributed by atoms with Crippen molar-refractivity contribution in [2.45, 2.75) is 32.5 Å². The van der Waals surface area contributed by atoms with Gasteiger partial charge in [-0.25, -0.2) is 0 Å². The van der Waals surface area contributed by atoms with Crippen molar-refractivity contribution >= 4 is 5.78 Å². The van der Waals surface area contributed by atoms with E-state index in [4.69, 9.17) is 5.21 Å². The standard InChI is InChI=1S/C11H13F3N2O3/c1-5-3-6(2)15-10(18)9(5)7(17)4-8(16-19)11(12,13)14/h3,8,16,19H,4H2,1-2H3,(H,15,18). The minimum atomic E-state index is -4.78. The lowest BCUT2D eigenvalue weighted by molar-refractivity contribution is -0.175. The van der Waals surface area contributed by atoms with Gasteiger partial charge >= 0.3 is 6.18 Å². The number of H-pyrrole nitrogens is 1. The van der Waals surface area contributed by atoms with Crippen LogP contribution < -0.4 is 11.0 Å². The van der Waals surface area contributed by atoms with E-state index in [1.807, 2.05) is 0 Å².